The number of halogens is 1. The highest BCUT2D eigenvalue weighted by atomic mass is 35.5. The number of hydrogen-bond acceptors (Lipinski definition) is 2. The van der Waals surface area contributed by atoms with Crippen LogP contribution in [0.5, 0.6) is 0 Å². The molecule has 0 aliphatic heterocycles. The Balaban J connectivity index is 2.06. The van der Waals surface area contributed by atoms with E-state index in [4.69, 9.17) is 16.0 Å². The Morgan fingerprint density at radius 3 is 2.72 bits per heavy atom. The number of aryl methyl sites for hydroxylation is 1. The van der Waals surface area contributed by atoms with E-state index < -0.39 is 0 Å². The van der Waals surface area contributed by atoms with Crippen molar-refractivity contribution in [3.8, 4) is 0 Å². The summed E-state index contributed by atoms with van der Waals surface area (Å²) < 4.78 is 5.37. The smallest absolute Gasteiger partial charge is 0.103 e. The van der Waals surface area contributed by atoms with Gasteiger partial charge in [-0.05, 0) is 36.7 Å². The molecular weight excluding hydrogens is 246 g/mol. The van der Waals surface area contributed by atoms with Gasteiger partial charge in [-0.3, -0.25) is 0 Å². The molecule has 1 heterocycles. The Morgan fingerprint density at radius 1 is 1.22 bits per heavy atom. The maximum absolute atomic E-state index is 6.25. The molecule has 0 saturated carbocycles. The molecule has 2 aromatic rings. The molecule has 0 aliphatic rings. The van der Waals surface area contributed by atoms with E-state index >= 15 is 0 Å². The van der Waals surface area contributed by atoms with Gasteiger partial charge in [0, 0.05) is 17.5 Å². The summed E-state index contributed by atoms with van der Waals surface area (Å²) >= 11 is 6.25. The normalized spacial score (nSPS) is 12.6. The zero-order valence-corrected chi connectivity index (χ0v) is 11.3. The van der Waals surface area contributed by atoms with Crippen molar-refractivity contribution in [2.24, 2.45) is 0 Å². The van der Waals surface area contributed by atoms with Gasteiger partial charge in [0.1, 0.15) is 5.76 Å². The lowest BCUT2D eigenvalue weighted by atomic mass is 10.0. The van der Waals surface area contributed by atoms with Gasteiger partial charge in [-0.25, -0.2) is 0 Å². The minimum absolute atomic E-state index is 0.272. The van der Waals surface area contributed by atoms with E-state index in [1.807, 2.05) is 30.3 Å². The minimum atomic E-state index is 0.272. The maximum atomic E-state index is 6.25. The summed E-state index contributed by atoms with van der Waals surface area (Å²) in [5.74, 6) is 1.02. The van der Waals surface area contributed by atoms with E-state index in [9.17, 15) is 0 Å². The van der Waals surface area contributed by atoms with Crippen LogP contribution in [0.25, 0.3) is 0 Å². The minimum Gasteiger partial charge on any atom is -0.469 e. The first-order chi connectivity index (χ1) is 8.81. The molecule has 0 bridgehead atoms. The molecule has 2 rings (SSSR count). The average molecular weight is 264 g/mol. The topological polar surface area (TPSA) is 25.2 Å². The lowest BCUT2D eigenvalue weighted by molar-refractivity contribution is 0.458. The predicted octanol–water partition coefficient (Wildman–Crippen LogP) is 4.22. The van der Waals surface area contributed by atoms with Crippen molar-refractivity contribution in [1.29, 1.82) is 0 Å². The van der Waals surface area contributed by atoms with Crippen LogP contribution >= 0.6 is 11.6 Å². The highest BCUT2D eigenvalue weighted by molar-refractivity contribution is 6.31. The van der Waals surface area contributed by atoms with Crippen LogP contribution in [0.15, 0.2) is 47.1 Å². The van der Waals surface area contributed by atoms with E-state index in [1.54, 1.807) is 6.26 Å². The molecule has 0 radical (unpaired) electrons. The van der Waals surface area contributed by atoms with Gasteiger partial charge in [-0.1, -0.05) is 36.7 Å². The fourth-order valence-electron chi connectivity index (χ4n) is 2.11. The molecule has 96 valence electrons. The third-order valence-corrected chi connectivity index (χ3v) is 3.33. The average Bonchev–Trinajstić information content (AvgIpc) is 2.88. The first-order valence-corrected chi connectivity index (χ1v) is 6.69. The lowest BCUT2D eigenvalue weighted by Crippen LogP contribution is -2.21. The Bertz CT molecular complexity index is 467. The van der Waals surface area contributed by atoms with Crippen LogP contribution < -0.4 is 5.32 Å². The van der Waals surface area contributed by atoms with Crippen LogP contribution in [0.4, 0.5) is 0 Å². The van der Waals surface area contributed by atoms with Crippen LogP contribution in [0.2, 0.25) is 5.02 Å². The predicted molar refractivity (Wildman–Crippen MR) is 74.9 cm³/mol. The Hall–Kier alpha value is -1.25. The zero-order valence-electron chi connectivity index (χ0n) is 10.5. The fourth-order valence-corrected chi connectivity index (χ4v) is 2.38. The van der Waals surface area contributed by atoms with Gasteiger partial charge in [0.25, 0.3) is 0 Å². The monoisotopic (exact) mass is 263 g/mol. The van der Waals surface area contributed by atoms with E-state index in [-0.39, 0.29) is 6.04 Å². The molecule has 1 unspecified atom stereocenters. The molecule has 18 heavy (non-hydrogen) atoms. The van der Waals surface area contributed by atoms with Gasteiger partial charge in [0.15, 0.2) is 0 Å². The summed E-state index contributed by atoms with van der Waals surface area (Å²) in [5, 5.41) is 4.30. The van der Waals surface area contributed by atoms with Crippen molar-refractivity contribution in [1.82, 2.24) is 5.32 Å². The molecule has 0 saturated heterocycles. The Kier molecular flexibility index (Phi) is 4.85. The number of rotatable bonds is 6. The Morgan fingerprint density at radius 2 is 2.06 bits per heavy atom. The van der Waals surface area contributed by atoms with Gasteiger partial charge in [0.2, 0.25) is 0 Å². The largest absolute Gasteiger partial charge is 0.469 e. The van der Waals surface area contributed by atoms with Gasteiger partial charge in [-0.15, -0.1) is 0 Å². The number of furan rings is 1. The molecular formula is C15H18ClNO. The number of benzene rings is 1. The highest BCUT2D eigenvalue weighted by Crippen LogP contribution is 2.26. The van der Waals surface area contributed by atoms with Gasteiger partial charge in [-0.2, -0.15) is 0 Å². The second-order valence-corrected chi connectivity index (χ2v) is 4.66. The lowest BCUT2D eigenvalue weighted by Gasteiger charge is -2.19. The molecule has 0 spiro atoms. The molecule has 1 aromatic heterocycles. The van der Waals surface area contributed by atoms with Crippen LogP contribution in [-0.4, -0.2) is 6.54 Å². The van der Waals surface area contributed by atoms with E-state index in [1.165, 1.54) is 0 Å². The highest BCUT2D eigenvalue weighted by Gasteiger charge is 2.13. The summed E-state index contributed by atoms with van der Waals surface area (Å²) in [4.78, 5) is 0. The Labute approximate surface area is 113 Å². The molecule has 0 fully saturated rings. The van der Waals surface area contributed by atoms with Crippen LogP contribution in [-0.2, 0) is 6.42 Å². The van der Waals surface area contributed by atoms with Crippen molar-refractivity contribution >= 4 is 11.6 Å². The van der Waals surface area contributed by atoms with Crippen molar-refractivity contribution < 1.29 is 4.42 Å². The van der Waals surface area contributed by atoms with E-state index in [0.29, 0.717) is 0 Å². The summed E-state index contributed by atoms with van der Waals surface area (Å²) in [6.07, 6.45) is 3.61. The molecule has 0 amide bonds. The number of hydrogen-bond donors (Lipinski definition) is 1. The van der Waals surface area contributed by atoms with Crippen molar-refractivity contribution in [2.45, 2.75) is 25.8 Å². The van der Waals surface area contributed by atoms with Crippen molar-refractivity contribution in [3.05, 3.63) is 59.0 Å². The van der Waals surface area contributed by atoms with Gasteiger partial charge >= 0.3 is 0 Å². The molecule has 3 heteroatoms. The SMILES string of the molecule is CCNC(CCc1ccco1)c1ccccc1Cl. The van der Waals surface area contributed by atoms with Crippen LogP contribution in [0.3, 0.4) is 0 Å². The second kappa shape index (κ2) is 6.62. The van der Waals surface area contributed by atoms with Gasteiger partial charge < -0.3 is 9.73 Å². The van der Waals surface area contributed by atoms with Crippen LogP contribution in [0.1, 0.15) is 30.7 Å². The molecule has 2 nitrogen and oxygen atoms in total. The van der Waals surface area contributed by atoms with Crippen LogP contribution in [0, 0.1) is 0 Å². The summed E-state index contributed by atoms with van der Waals surface area (Å²) in [6, 6.07) is 12.2. The molecule has 1 atom stereocenters. The molecule has 1 aromatic carbocycles. The van der Waals surface area contributed by atoms with Gasteiger partial charge in [0.05, 0.1) is 6.26 Å². The first-order valence-electron chi connectivity index (χ1n) is 6.31. The number of nitrogens with one attached hydrogen (secondary N) is 1. The summed E-state index contributed by atoms with van der Waals surface area (Å²) in [5.41, 5.74) is 1.16. The molecule has 1 N–H and O–H groups in total. The first kappa shape index (κ1) is 13.2. The molecule has 0 aliphatic carbocycles. The van der Waals surface area contributed by atoms with Crippen molar-refractivity contribution in [3.63, 3.8) is 0 Å². The second-order valence-electron chi connectivity index (χ2n) is 4.25. The summed E-state index contributed by atoms with van der Waals surface area (Å²) in [6.45, 7) is 3.03. The van der Waals surface area contributed by atoms with E-state index in [2.05, 4.69) is 18.3 Å². The fraction of sp³-hybridized carbons (Fsp3) is 0.333. The third-order valence-electron chi connectivity index (χ3n) is 2.99. The summed E-state index contributed by atoms with van der Waals surface area (Å²) in [7, 11) is 0. The third kappa shape index (κ3) is 3.37. The van der Waals surface area contributed by atoms with Crippen molar-refractivity contribution in [2.75, 3.05) is 6.54 Å². The maximum Gasteiger partial charge on any atom is 0.103 e. The quantitative estimate of drug-likeness (QED) is 0.844. The standard InChI is InChI=1S/C15H18ClNO/c1-2-17-15(10-9-12-6-5-11-18-12)13-7-3-4-8-14(13)16/h3-8,11,15,17H,2,9-10H2,1H3. The van der Waals surface area contributed by atoms with E-state index in [0.717, 1.165) is 35.7 Å². The zero-order chi connectivity index (χ0) is 12.8.